The summed E-state index contributed by atoms with van der Waals surface area (Å²) in [5, 5.41) is 44.3. The van der Waals surface area contributed by atoms with E-state index in [2.05, 4.69) is 10.6 Å². The predicted molar refractivity (Wildman–Crippen MR) is 117 cm³/mol. The first kappa shape index (κ1) is 24.7. The molecule has 5 atom stereocenters. The Morgan fingerprint density at radius 3 is 2.48 bits per heavy atom. The van der Waals surface area contributed by atoms with Crippen LogP contribution in [0, 0.1) is 0 Å². The maximum absolute atomic E-state index is 12.2. The lowest BCUT2D eigenvalue weighted by molar-refractivity contribution is -0.277. The van der Waals surface area contributed by atoms with E-state index in [4.69, 9.17) is 19.9 Å². The summed E-state index contributed by atoms with van der Waals surface area (Å²) in [5.74, 6) is -0.00237. The van der Waals surface area contributed by atoms with Crippen molar-refractivity contribution in [3.63, 3.8) is 0 Å². The molecule has 5 unspecified atom stereocenters. The molecule has 13 heteroatoms. The van der Waals surface area contributed by atoms with Gasteiger partial charge in [-0.3, -0.25) is 4.79 Å². The molecule has 1 saturated heterocycles. The van der Waals surface area contributed by atoms with Crippen molar-refractivity contribution in [2.75, 3.05) is 26.1 Å². The van der Waals surface area contributed by atoms with Gasteiger partial charge in [-0.25, -0.2) is 4.79 Å². The Balaban J connectivity index is 1.89. The van der Waals surface area contributed by atoms with E-state index in [-0.39, 0.29) is 22.1 Å². The quantitative estimate of drug-likeness (QED) is 0.271. The maximum Gasteiger partial charge on any atom is 0.316 e. The second kappa shape index (κ2) is 10.3. The molecule has 1 aliphatic heterocycles. The number of ether oxygens (including phenoxy) is 3. The first-order valence-electron chi connectivity index (χ1n) is 9.78. The summed E-state index contributed by atoms with van der Waals surface area (Å²) < 4.78 is 16.4. The van der Waals surface area contributed by atoms with Gasteiger partial charge in [-0.2, -0.15) is 0 Å². The number of nitrogens with one attached hydrogen (secondary N) is 2. The normalized spacial score (nSPS) is 24.7. The molecular formula is C20H25N3O9S. The molecule has 1 aromatic heterocycles. The summed E-state index contributed by atoms with van der Waals surface area (Å²) in [7, 11) is 2.85. The Bertz CT molecular complexity index is 1010. The third-order valence-electron chi connectivity index (χ3n) is 4.96. The van der Waals surface area contributed by atoms with Crippen LogP contribution in [0.5, 0.6) is 11.5 Å². The van der Waals surface area contributed by atoms with Crippen LogP contribution in [0.15, 0.2) is 24.3 Å². The van der Waals surface area contributed by atoms with Crippen molar-refractivity contribution in [2.24, 2.45) is 5.73 Å². The lowest BCUT2D eigenvalue weighted by Gasteiger charge is -2.39. The number of benzene rings is 1. The Morgan fingerprint density at radius 2 is 1.88 bits per heavy atom. The van der Waals surface area contributed by atoms with Crippen LogP contribution in [-0.4, -0.2) is 83.8 Å². The summed E-state index contributed by atoms with van der Waals surface area (Å²) in [6.45, 7) is -0.589. The number of urea groups is 1. The molecule has 1 aromatic carbocycles. The number of methoxy groups -OCH3 is 1. The number of anilines is 1. The Hall–Kier alpha value is -2.94. The molecule has 0 radical (unpaired) electrons. The molecule has 8 N–H and O–H groups in total. The molecule has 33 heavy (non-hydrogen) atoms. The number of primary amides is 1. The van der Waals surface area contributed by atoms with Gasteiger partial charge < -0.3 is 51.0 Å². The average Bonchev–Trinajstić information content (AvgIpc) is 3.22. The fourth-order valence-corrected chi connectivity index (χ4v) is 4.31. The smallest absolute Gasteiger partial charge is 0.316 e. The van der Waals surface area contributed by atoms with E-state index in [0.717, 1.165) is 11.3 Å². The highest BCUT2D eigenvalue weighted by atomic mass is 32.1. The molecule has 3 amide bonds. The van der Waals surface area contributed by atoms with Crippen LogP contribution in [0.2, 0.25) is 0 Å². The fraction of sp³-hybridized carbons (Fsp3) is 0.400. The zero-order valence-corrected chi connectivity index (χ0v) is 18.5. The van der Waals surface area contributed by atoms with Crippen LogP contribution < -0.4 is 25.8 Å². The van der Waals surface area contributed by atoms with Gasteiger partial charge in [-0.05, 0) is 29.8 Å². The van der Waals surface area contributed by atoms with Crippen molar-refractivity contribution in [3.05, 3.63) is 29.1 Å². The minimum atomic E-state index is -1.59. The van der Waals surface area contributed by atoms with Gasteiger partial charge in [0.1, 0.15) is 29.3 Å². The molecule has 12 nitrogen and oxygen atoms in total. The van der Waals surface area contributed by atoms with Gasteiger partial charge >= 0.3 is 6.03 Å². The topological polar surface area (TPSA) is 193 Å². The Labute approximate surface area is 192 Å². The lowest BCUT2D eigenvalue weighted by Crippen LogP contribution is -2.60. The number of thiophene rings is 1. The van der Waals surface area contributed by atoms with E-state index < -0.39 is 49.3 Å². The molecule has 180 valence electrons. The Morgan fingerprint density at radius 1 is 1.15 bits per heavy atom. The van der Waals surface area contributed by atoms with Gasteiger partial charge in [0.05, 0.1) is 19.4 Å². The summed E-state index contributed by atoms with van der Waals surface area (Å²) >= 11 is 1.12. The zero-order valence-electron chi connectivity index (χ0n) is 17.7. The van der Waals surface area contributed by atoms with Gasteiger partial charge in [0, 0.05) is 11.9 Å². The van der Waals surface area contributed by atoms with Gasteiger partial charge in [-0.15, -0.1) is 11.3 Å². The standard InChI is InChI=1S/C20H25N3O9S/c1-22-18(28)17-9(23-20(21)29)6-13(33-17)8-3-4-10(11(5-8)30-2)31-19-16(27)15(26)14(25)12(7-24)32-19/h3-6,12,14-16,19,24-27H,7H2,1-2H3,(H,22,28)(H3,21,23,29). The van der Waals surface area contributed by atoms with Crippen molar-refractivity contribution in [2.45, 2.75) is 30.7 Å². The molecule has 0 spiro atoms. The third-order valence-corrected chi connectivity index (χ3v) is 6.15. The molecule has 2 heterocycles. The number of nitrogens with two attached hydrogens (primary N) is 1. The highest BCUT2D eigenvalue weighted by molar-refractivity contribution is 7.18. The minimum Gasteiger partial charge on any atom is -0.493 e. The molecule has 1 aliphatic rings. The molecule has 2 aromatic rings. The SMILES string of the molecule is CNC(=O)c1sc(-c2ccc(OC3OC(CO)C(O)C(O)C3O)c(OC)c2)cc1NC(N)=O. The maximum atomic E-state index is 12.2. The number of carbonyl (C=O) groups excluding carboxylic acids is 2. The number of amides is 3. The van der Waals surface area contributed by atoms with Crippen LogP contribution in [0.1, 0.15) is 9.67 Å². The van der Waals surface area contributed by atoms with Gasteiger partial charge in [0.15, 0.2) is 11.5 Å². The van der Waals surface area contributed by atoms with Crippen LogP contribution in [0.4, 0.5) is 10.5 Å². The molecule has 3 rings (SSSR count). The first-order valence-corrected chi connectivity index (χ1v) is 10.6. The highest BCUT2D eigenvalue weighted by Crippen LogP contribution is 2.39. The zero-order chi connectivity index (χ0) is 24.3. The molecule has 1 fully saturated rings. The van der Waals surface area contributed by atoms with E-state index in [0.29, 0.717) is 10.4 Å². The van der Waals surface area contributed by atoms with E-state index in [9.17, 15) is 30.0 Å². The van der Waals surface area contributed by atoms with E-state index in [1.54, 1.807) is 18.2 Å². The summed E-state index contributed by atoms with van der Waals surface area (Å²) in [5.41, 5.74) is 6.07. The number of hydrogen-bond acceptors (Lipinski definition) is 10. The number of carbonyl (C=O) groups is 2. The molecule has 0 aliphatic carbocycles. The van der Waals surface area contributed by atoms with Crippen LogP contribution >= 0.6 is 11.3 Å². The van der Waals surface area contributed by atoms with Gasteiger partial charge in [0.2, 0.25) is 6.29 Å². The minimum absolute atomic E-state index is 0.157. The number of rotatable bonds is 7. The van der Waals surface area contributed by atoms with E-state index >= 15 is 0 Å². The first-order chi connectivity index (χ1) is 15.7. The third kappa shape index (κ3) is 5.19. The van der Waals surface area contributed by atoms with Crippen molar-refractivity contribution in [3.8, 4) is 21.9 Å². The molecule has 0 bridgehead atoms. The summed E-state index contributed by atoms with van der Waals surface area (Å²) in [6.07, 6.45) is -7.18. The van der Waals surface area contributed by atoms with Crippen molar-refractivity contribution in [1.82, 2.24) is 5.32 Å². The van der Waals surface area contributed by atoms with E-state index in [1.807, 2.05) is 0 Å². The van der Waals surface area contributed by atoms with E-state index in [1.165, 1.54) is 20.2 Å². The molecular weight excluding hydrogens is 458 g/mol. The largest absolute Gasteiger partial charge is 0.493 e. The van der Waals surface area contributed by atoms with Crippen LogP contribution in [0.25, 0.3) is 10.4 Å². The fourth-order valence-electron chi connectivity index (χ4n) is 3.25. The highest BCUT2D eigenvalue weighted by Gasteiger charge is 2.45. The number of hydrogen-bond donors (Lipinski definition) is 7. The van der Waals surface area contributed by atoms with Crippen molar-refractivity contribution >= 4 is 29.0 Å². The lowest BCUT2D eigenvalue weighted by atomic mass is 9.99. The number of aliphatic hydroxyl groups excluding tert-OH is 4. The molecule has 0 saturated carbocycles. The number of aliphatic hydroxyl groups is 4. The summed E-state index contributed by atoms with van der Waals surface area (Å²) in [4.78, 5) is 24.3. The second-order valence-electron chi connectivity index (χ2n) is 7.10. The van der Waals surface area contributed by atoms with Crippen LogP contribution in [-0.2, 0) is 4.74 Å². The van der Waals surface area contributed by atoms with Gasteiger partial charge in [0.25, 0.3) is 5.91 Å². The van der Waals surface area contributed by atoms with Crippen molar-refractivity contribution < 1.29 is 44.2 Å². The van der Waals surface area contributed by atoms with Crippen LogP contribution in [0.3, 0.4) is 0 Å². The average molecular weight is 483 g/mol. The van der Waals surface area contributed by atoms with Crippen molar-refractivity contribution in [1.29, 1.82) is 0 Å². The monoisotopic (exact) mass is 483 g/mol. The van der Waals surface area contributed by atoms with Gasteiger partial charge in [-0.1, -0.05) is 0 Å². The summed E-state index contributed by atoms with van der Waals surface area (Å²) in [6, 6.07) is 5.55. The Kier molecular flexibility index (Phi) is 7.73. The predicted octanol–water partition coefficient (Wildman–Crippen LogP) is -0.547. The second-order valence-corrected chi connectivity index (χ2v) is 8.15.